The van der Waals surface area contributed by atoms with Crippen LogP contribution in [0.5, 0.6) is 0 Å². The number of nitrogens with two attached hydrogens (primary N) is 1. The van der Waals surface area contributed by atoms with Gasteiger partial charge >= 0.3 is 0 Å². The second-order valence-electron chi connectivity index (χ2n) is 10.9. The number of carbonyl (C=O) groups is 2. The third kappa shape index (κ3) is 6.25. The van der Waals surface area contributed by atoms with Gasteiger partial charge in [-0.25, -0.2) is 4.39 Å². The van der Waals surface area contributed by atoms with Gasteiger partial charge in [-0.1, -0.05) is 12.8 Å². The topological polar surface area (TPSA) is 72.6 Å². The summed E-state index contributed by atoms with van der Waals surface area (Å²) < 4.78 is 18.7. The molecule has 188 valence electrons. The summed E-state index contributed by atoms with van der Waals surface area (Å²) in [5.41, 5.74) is 6.50. The van der Waals surface area contributed by atoms with Gasteiger partial charge in [-0.05, 0) is 113 Å². The monoisotopic (exact) mass is 472 g/mol. The van der Waals surface area contributed by atoms with Gasteiger partial charge in [-0.15, -0.1) is 0 Å². The highest BCUT2D eigenvalue weighted by Gasteiger charge is 2.40. The fourth-order valence-corrected chi connectivity index (χ4v) is 6.83. The maximum atomic E-state index is 13.1. The Bertz CT molecular complexity index is 813. The highest BCUT2D eigenvalue weighted by molar-refractivity contribution is 5.97. The van der Waals surface area contributed by atoms with E-state index in [0.29, 0.717) is 23.5 Å². The number of hydrogen-bond donors (Lipinski definition) is 1. The highest BCUT2D eigenvalue weighted by Crippen LogP contribution is 2.43. The number of carbonyl (C=O) groups excluding carboxylic acids is 2. The van der Waals surface area contributed by atoms with Crippen molar-refractivity contribution in [1.29, 1.82) is 0 Å². The molecule has 0 spiro atoms. The van der Waals surface area contributed by atoms with Crippen molar-refractivity contribution in [2.24, 2.45) is 35.3 Å². The van der Waals surface area contributed by atoms with E-state index >= 15 is 0 Å². The first-order valence-corrected chi connectivity index (χ1v) is 13.3. The zero-order chi connectivity index (χ0) is 24.1. The summed E-state index contributed by atoms with van der Waals surface area (Å²) in [6.45, 7) is 3.00. The molecule has 34 heavy (non-hydrogen) atoms. The number of likely N-dealkylation sites (tertiary alicyclic amines) is 1. The van der Waals surface area contributed by atoms with Crippen LogP contribution in [0.3, 0.4) is 0 Å². The number of nitrogens with zero attached hydrogens (tertiary/aromatic N) is 1. The number of primary amides is 1. The van der Waals surface area contributed by atoms with Crippen molar-refractivity contribution in [1.82, 2.24) is 4.90 Å². The minimum atomic E-state index is -0.302. The normalized spacial score (nSPS) is 29.7. The van der Waals surface area contributed by atoms with Crippen molar-refractivity contribution >= 4 is 11.7 Å². The first kappa shape index (κ1) is 25.3. The Labute approximate surface area is 203 Å². The van der Waals surface area contributed by atoms with E-state index in [2.05, 4.69) is 4.90 Å². The number of hydrogen-bond acceptors (Lipinski definition) is 4. The lowest BCUT2D eigenvalue weighted by atomic mass is 9.70. The number of piperidine rings is 1. The van der Waals surface area contributed by atoms with Crippen LogP contribution in [0.4, 0.5) is 4.39 Å². The molecule has 5 nitrogen and oxygen atoms in total. The molecule has 3 aliphatic rings. The molecule has 1 aliphatic heterocycles. The molecule has 1 unspecified atom stereocenters. The van der Waals surface area contributed by atoms with Crippen molar-refractivity contribution < 1.29 is 18.7 Å². The van der Waals surface area contributed by atoms with E-state index < -0.39 is 0 Å². The molecule has 1 aromatic rings. The SMILES string of the molecule is CO[C@@H]1CC[C@@H](C(C(N)=O)C2CCC(CCN3CCC(C(=O)c4ccc(F)cc4)CC3)CC2)C1. The lowest BCUT2D eigenvalue weighted by molar-refractivity contribution is -0.126. The smallest absolute Gasteiger partial charge is 0.221 e. The Kier molecular flexibility index (Phi) is 8.75. The molecule has 3 fully saturated rings. The molecule has 1 amide bonds. The van der Waals surface area contributed by atoms with E-state index in [0.717, 1.165) is 70.5 Å². The van der Waals surface area contributed by atoms with Crippen LogP contribution in [0.15, 0.2) is 24.3 Å². The number of ether oxygens (including phenoxy) is 1. The summed E-state index contributed by atoms with van der Waals surface area (Å²) in [7, 11) is 1.77. The predicted molar refractivity (Wildman–Crippen MR) is 131 cm³/mol. The van der Waals surface area contributed by atoms with Crippen LogP contribution >= 0.6 is 0 Å². The van der Waals surface area contributed by atoms with Crippen LogP contribution < -0.4 is 5.73 Å². The predicted octanol–water partition coefficient (Wildman–Crippen LogP) is 4.83. The number of benzene rings is 1. The molecule has 1 aromatic carbocycles. The Morgan fingerprint density at radius 3 is 2.24 bits per heavy atom. The van der Waals surface area contributed by atoms with Gasteiger partial charge < -0.3 is 15.4 Å². The van der Waals surface area contributed by atoms with Crippen LogP contribution in [0.1, 0.15) is 74.6 Å². The number of rotatable bonds is 9. The third-order valence-electron chi connectivity index (χ3n) is 8.93. The minimum absolute atomic E-state index is 0.0128. The average Bonchev–Trinajstić information content (AvgIpc) is 3.32. The third-order valence-corrected chi connectivity index (χ3v) is 8.93. The summed E-state index contributed by atoms with van der Waals surface area (Å²) in [5.74, 6) is 1.35. The van der Waals surface area contributed by atoms with Crippen molar-refractivity contribution in [3.63, 3.8) is 0 Å². The maximum Gasteiger partial charge on any atom is 0.221 e. The summed E-state index contributed by atoms with van der Waals surface area (Å²) >= 11 is 0. The van der Waals surface area contributed by atoms with Crippen LogP contribution in [-0.2, 0) is 9.53 Å². The summed E-state index contributed by atoms with van der Waals surface area (Å²) in [5, 5.41) is 0. The van der Waals surface area contributed by atoms with Crippen LogP contribution in [0, 0.1) is 35.4 Å². The molecule has 2 N–H and O–H groups in total. The van der Waals surface area contributed by atoms with Gasteiger partial charge in [0.1, 0.15) is 5.82 Å². The molecular weight excluding hydrogens is 431 g/mol. The lowest BCUT2D eigenvalue weighted by Crippen LogP contribution is -2.39. The molecule has 3 atom stereocenters. The molecule has 0 radical (unpaired) electrons. The van der Waals surface area contributed by atoms with Gasteiger partial charge in [-0.2, -0.15) is 0 Å². The van der Waals surface area contributed by atoms with Gasteiger partial charge in [0.05, 0.1) is 6.10 Å². The minimum Gasteiger partial charge on any atom is -0.381 e. The zero-order valence-electron chi connectivity index (χ0n) is 20.6. The molecule has 2 aliphatic carbocycles. The number of methoxy groups -OCH3 is 1. The van der Waals surface area contributed by atoms with Crippen LogP contribution in [0.2, 0.25) is 0 Å². The molecule has 0 aromatic heterocycles. The van der Waals surface area contributed by atoms with Crippen LogP contribution in [0.25, 0.3) is 0 Å². The standard InChI is InChI=1S/C28H41FN2O3/c1-34-25-11-8-23(18-25)26(28(30)33)20-4-2-19(3-5-20)12-15-31-16-13-22(14-17-31)27(32)21-6-9-24(29)10-7-21/h6-7,9-10,19-20,22-23,25-26H,2-5,8,11-18H2,1H3,(H2,30,33)/t19?,20?,23-,25-,26?/m1/s1. The van der Waals surface area contributed by atoms with E-state index in [9.17, 15) is 14.0 Å². The quantitative estimate of drug-likeness (QED) is 0.522. The Morgan fingerprint density at radius 2 is 1.65 bits per heavy atom. The van der Waals surface area contributed by atoms with E-state index in [-0.39, 0.29) is 29.3 Å². The average molecular weight is 473 g/mol. The molecule has 6 heteroatoms. The fourth-order valence-electron chi connectivity index (χ4n) is 6.83. The van der Waals surface area contributed by atoms with Gasteiger partial charge in [0.15, 0.2) is 5.78 Å². The van der Waals surface area contributed by atoms with Crippen molar-refractivity contribution in [2.75, 3.05) is 26.7 Å². The second-order valence-corrected chi connectivity index (χ2v) is 10.9. The molecule has 4 rings (SSSR count). The fraction of sp³-hybridized carbons (Fsp3) is 0.714. The number of Topliss-reactive ketones (excluding diaryl/α,β-unsaturated/α-hetero) is 1. The zero-order valence-corrected chi connectivity index (χ0v) is 20.6. The Hall–Kier alpha value is -1.79. The Morgan fingerprint density at radius 1 is 1.00 bits per heavy atom. The first-order chi connectivity index (χ1) is 16.4. The van der Waals surface area contributed by atoms with E-state index in [1.54, 1.807) is 19.2 Å². The van der Waals surface area contributed by atoms with Gasteiger partial charge in [-0.3, -0.25) is 9.59 Å². The van der Waals surface area contributed by atoms with E-state index in [1.165, 1.54) is 31.4 Å². The molecule has 0 bridgehead atoms. The van der Waals surface area contributed by atoms with Gasteiger partial charge in [0.2, 0.25) is 5.91 Å². The molecule has 1 heterocycles. The summed E-state index contributed by atoms with van der Waals surface area (Å²) in [6, 6.07) is 5.94. The van der Waals surface area contributed by atoms with Crippen molar-refractivity contribution in [3.05, 3.63) is 35.6 Å². The number of amides is 1. The lowest BCUT2D eigenvalue weighted by Gasteiger charge is -2.36. The number of halogens is 1. The molecule has 1 saturated heterocycles. The summed E-state index contributed by atoms with van der Waals surface area (Å²) in [6.07, 6.45) is 10.9. The second kappa shape index (κ2) is 11.8. The van der Waals surface area contributed by atoms with Crippen molar-refractivity contribution in [2.45, 2.75) is 70.3 Å². The largest absolute Gasteiger partial charge is 0.381 e. The van der Waals surface area contributed by atoms with E-state index in [4.69, 9.17) is 10.5 Å². The molecule has 2 saturated carbocycles. The first-order valence-electron chi connectivity index (χ1n) is 13.3. The molecular formula is C28H41FN2O3. The Balaban J connectivity index is 1.17. The number of ketones is 1. The van der Waals surface area contributed by atoms with Gasteiger partial charge in [0.25, 0.3) is 0 Å². The maximum absolute atomic E-state index is 13.1. The van der Waals surface area contributed by atoms with Crippen molar-refractivity contribution in [3.8, 4) is 0 Å². The van der Waals surface area contributed by atoms with Gasteiger partial charge in [0, 0.05) is 24.5 Å². The van der Waals surface area contributed by atoms with E-state index in [1.807, 2.05) is 0 Å². The van der Waals surface area contributed by atoms with Crippen LogP contribution in [-0.4, -0.2) is 49.4 Å². The summed E-state index contributed by atoms with van der Waals surface area (Å²) in [4.78, 5) is 27.5. The highest BCUT2D eigenvalue weighted by atomic mass is 19.1.